The second-order valence-corrected chi connectivity index (χ2v) is 9.80. The Morgan fingerprint density at radius 1 is 1.12 bits per heavy atom. The lowest BCUT2D eigenvalue weighted by Gasteiger charge is -2.61. The maximum absolute atomic E-state index is 12.3. The molecule has 3 fully saturated rings. The van der Waals surface area contributed by atoms with Gasteiger partial charge in [-0.05, 0) is 62.7 Å². The predicted molar refractivity (Wildman–Crippen MR) is 96.1 cm³/mol. The first kappa shape index (κ1) is 18.6. The number of Topliss-reactive ketones (excluding diaryl/α,β-unsaturated/α-hetero) is 1. The zero-order valence-corrected chi connectivity index (χ0v) is 16.0. The van der Waals surface area contributed by atoms with Gasteiger partial charge in [0.25, 0.3) is 0 Å². The molecule has 0 amide bonds. The van der Waals surface area contributed by atoms with Crippen molar-refractivity contribution < 1.29 is 25.2 Å². The van der Waals surface area contributed by atoms with Crippen LogP contribution in [-0.2, 0) is 4.79 Å². The molecule has 0 aromatic carbocycles. The highest BCUT2D eigenvalue weighted by Gasteiger charge is 2.73. The zero-order chi connectivity index (χ0) is 19.1. The Balaban J connectivity index is 1.79. The van der Waals surface area contributed by atoms with Gasteiger partial charge in [-0.25, -0.2) is 0 Å². The van der Waals surface area contributed by atoms with Gasteiger partial charge in [-0.2, -0.15) is 0 Å². The van der Waals surface area contributed by atoms with Crippen LogP contribution in [0.4, 0.5) is 0 Å². The van der Waals surface area contributed by atoms with Crippen LogP contribution in [0.5, 0.6) is 0 Å². The highest BCUT2D eigenvalue weighted by atomic mass is 16.4. The monoisotopic (exact) mass is 364 g/mol. The van der Waals surface area contributed by atoms with Gasteiger partial charge in [-0.1, -0.05) is 25.5 Å². The van der Waals surface area contributed by atoms with Gasteiger partial charge in [-0.15, -0.1) is 0 Å². The zero-order valence-electron chi connectivity index (χ0n) is 16.0. The second kappa shape index (κ2) is 5.63. The summed E-state index contributed by atoms with van der Waals surface area (Å²) >= 11 is 0. The third-order valence-corrected chi connectivity index (χ3v) is 8.80. The predicted octanol–water partition coefficient (Wildman–Crippen LogP) is 1.57. The van der Waals surface area contributed by atoms with Crippen molar-refractivity contribution in [3.05, 3.63) is 11.6 Å². The van der Waals surface area contributed by atoms with Crippen molar-refractivity contribution in [1.29, 1.82) is 0 Å². The van der Waals surface area contributed by atoms with E-state index >= 15 is 0 Å². The molecular weight excluding hydrogens is 332 g/mol. The van der Waals surface area contributed by atoms with Crippen LogP contribution in [0.15, 0.2) is 11.6 Å². The Morgan fingerprint density at radius 2 is 1.81 bits per heavy atom. The van der Waals surface area contributed by atoms with Crippen molar-refractivity contribution in [1.82, 2.24) is 0 Å². The van der Waals surface area contributed by atoms with Crippen molar-refractivity contribution in [3.63, 3.8) is 0 Å². The number of rotatable bonds is 1. The van der Waals surface area contributed by atoms with Crippen LogP contribution in [0.2, 0.25) is 0 Å². The number of fused-ring (bicyclic) bond motifs is 5. The summed E-state index contributed by atoms with van der Waals surface area (Å²) in [5, 5.41) is 43.4. The van der Waals surface area contributed by atoms with E-state index in [1.807, 2.05) is 6.92 Å². The van der Waals surface area contributed by atoms with Crippen LogP contribution >= 0.6 is 0 Å². The van der Waals surface area contributed by atoms with Gasteiger partial charge < -0.3 is 20.4 Å². The van der Waals surface area contributed by atoms with Gasteiger partial charge in [0, 0.05) is 5.41 Å². The molecule has 0 radical (unpaired) electrons. The molecule has 3 unspecified atom stereocenters. The van der Waals surface area contributed by atoms with Gasteiger partial charge in [0.15, 0.2) is 0 Å². The van der Waals surface area contributed by atoms with Crippen LogP contribution in [-0.4, -0.2) is 50.1 Å². The maximum Gasteiger partial charge on any atom is 0.136 e. The van der Waals surface area contributed by atoms with E-state index in [9.17, 15) is 25.2 Å². The van der Waals surface area contributed by atoms with Crippen molar-refractivity contribution in [2.75, 3.05) is 0 Å². The minimum Gasteiger partial charge on any atom is -0.393 e. The molecule has 4 rings (SSSR count). The van der Waals surface area contributed by atoms with E-state index in [4.69, 9.17) is 0 Å². The normalized spacial score (nSPS) is 56.2. The lowest BCUT2D eigenvalue weighted by molar-refractivity contribution is -0.215. The average Bonchev–Trinajstić information content (AvgIpc) is 2.73. The number of hydrogen-bond acceptors (Lipinski definition) is 5. The Labute approximate surface area is 155 Å². The van der Waals surface area contributed by atoms with Crippen molar-refractivity contribution >= 4 is 5.78 Å². The van der Waals surface area contributed by atoms with Crippen LogP contribution < -0.4 is 0 Å². The lowest BCUT2D eigenvalue weighted by Crippen LogP contribution is -2.64. The summed E-state index contributed by atoms with van der Waals surface area (Å²) in [7, 11) is 0. The molecule has 3 saturated carbocycles. The van der Waals surface area contributed by atoms with E-state index in [2.05, 4.69) is 13.0 Å². The molecule has 146 valence electrons. The third kappa shape index (κ3) is 2.03. The summed E-state index contributed by atoms with van der Waals surface area (Å²) in [6, 6.07) is 0. The SMILES string of the molecule is CC(=O)C1[C@H](O)[C@H](O)[C@]2(O)C3CC=C4C[C@@H](O)CC[C@]4(C)C3CC[C@]12C. The minimum atomic E-state index is -1.47. The Morgan fingerprint density at radius 3 is 2.46 bits per heavy atom. The van der Waals surface area contributed by atoms with Gasteiger partial charge in [0.05, 0.1) is 18.1 Å². The highest BCUT2D eigenvalue weighted by molar-refractivity contribution is 5.81. The first-order chi connectivity index (χ1) is 12.1. The number of aliphatic hydroxyl groups is 4. The molecule has 5 nitrogen and oxygen atoms in total. The fourth-order valence-corrected chi connectivity index (χ4v) is 7.39. The summed E-state index contributed by atoms with van der Waals surface area (Å²) < 4.78 is 0. The van der Waals surface area contributed by atoms with E-state index in [0.29, 0.717) is 19.3 Å². The molecule has 4 aliphatic carbocycles. The standard InChI is InChI=1S/C21H32O5/c1-11(22)16-17(24)18(25)21(26)15-5-4-12-10-13(23)6-8-19(12,2)14(15)7-9-20(16,21)3/h4,13-18,23-26H,5-10H2,1-3H3/t13-,14?,15?,16?,17-,18-,19-,20+,21+/m0/s1. The Bertz CT molecular complexity index is 659. The largest absolute Gasteiger partial charge is 0.393 e. The Kier molecular flexibility index (Phi) is 4.03. The van der Waals surface area contributed by atoms with E-state index in [-0.39, 0.29) is 29.1 Å². The van der Waals surface area contributed by atoms with Gasteiger partial charge >= 0.3 is 0 Å². The molecule has 0 aromatic heterocycles. The minimum absolute atomic E-state index is 0.0851. The van der Waals surface area contributed by atoms with Gasteiger partial charge in [-0.3, -0.25) is 4.79 Å². The van der Waals surface area contributed by atoms with E-state index < -0.39 is 29.1 Å². The van der Waals surface area contributed by atoms with Crippen LogP contribution in [0, 0.1) is 28.6 Å². The van der Waals surface area contributed by atoms with Gasteiger partial charge in [0.2, 0.25) is 0 Å². The molecule has 26 heavy (non-hydrogen) atoms. The quantitative estimate of drug-likeness (QED) is 0.530. The molecule has 4 aliphatic rings. The summed E-state index contributed by atoms with van der Waals surface area (Å²) in [6.45, 7) is 5.56. The van der Waals surface area contributed by atoms with Gasteiger partial charge in [0.1, 0.15) is 17.5 Å². The molecule has 9 atom stereocenters. The van der Waals surface area contributed by atoms with Crippen LogP contribution in [0.25, 0.3) is 0 Å². The molecule has 4 N–H and O–H groups in total. The topological polar surface area (TPSA) is 98.0 Å². The molecule has 5 heteroatoms. The second-order valence-electron chi connectivity index (χ2n) is 9.80. The average molecular weight is 364 g/mol. The molecule has 0 aliphatic heterocycles. The molecule has 0 heterocycles. The van der Waals surface area contributed by atoms with E-state index in [0.717, 1.165) is 19.3 Å². The summed E-state index contributed by atoms with van der Waals surface area (Å²) in [6.07, 6.45) is 3.78. The molecule has 0 aromatic rings. The third-order valence-electron chi connectivity index (χ3n) is 8.80. The molecule has 0 bridgehead atoms. The maximum atomic E-state index is 12.3. The smallest absolute Gasteiger partial charge is 0.136 e. The number of carbonyl (C=O) groups excluding carboxylic acids is 1. The fourth-order valence-electron chi connectivity index (χ4n) is 7.39. The van der Waals surface area contributed by atoms with Crippen LogP contribution in [0.3, 0.4) is 0 Å². The summed E-state index contributed by atoms with van der Waals surface area (Å²) in [5.41, 5.74) is -1.08. The number of allylic oxidation sites excluding steroid dienone is 1. The van der Waals surface area contributed by atoms with E-state index in [1.165, 1.54) is 12.5 Å². The fraction of sp³-hybridized carbons (Fsp3) is 0.857. The number of aliphatic hydroxyl groups excluding tert-OH is 3. The first-order valence-electron chi connectivity index (χ1n) is 10.0. The molecule has 0 spiro atoms. The molecule has 0 saturated heterocycles. The number of carbonyl (C=O) groups is 1. The lowest BCUT2D eigenvalue weighted by atomic mass is 9.45. The number of ketones is 1. The van der Waals surface area contributed by atoms with E-state index in [1.54, 1.807) is 0 Å². The Hall–Kier alpha value is -0.750. The van der Waals surface area contributed by atoms with Crippen LogP contribution in [0.1, 0.15) is 59.3 Å². The molecular formula is C21H32O5. The number of hydrogen-bond donors (Lipinski definition) is 4. The highest BCUT2D eigenvalue weighted by Crippen LogP contribution is 2.67. The van der Waals surface area contributed by atoms with Crippen molar-refractivity contribution in [2.24, 2.45) is 28.6 Å². The first-order valence-corrected chi connectivity index (χ1v) is 10.0. The summed E-state index contributed by atoms with van der Waals surface area (Å²) in [4.78, 5) is 12.3. The van der Waals surface area contributed by atoms with Crippen molar-refractivity contribution in [3.8, 4) is 0 Å². The van der Waals surface area contributed by atoms with Crippen molar-refractivity contribution in [2.45, 2.75) is 83.2 Å². The summed E-state index contributed by atoms with van der Waals surface area (Å²) in [5.74, 6) is -0.873.